The second kappa shape index (κ2) is 24.3. The summed E-state index contributed by atoms with van der Waals surface area (Å²) in [5.74, 6) is -2.51. The molecule has 8 aliphatic rings. The average molecular weight is 1080 g/mol. The van der Waals surface area contributed by atoms with E-state index in [9.17, 15) is 49.8 Å². The number of carbonyl (C=O) groups is 4. The summed E-state index contributed by atoms with van der Waals surface area (Å²) >= 11 is 0. The van der Waals surface area contributed by atoms with Crippen molar-refractivity contribution in [3.63, 3.8) is 0 Å². The van der Waals surface area contributed by atoms with Crippen molar-refractivity contribution in [2.45, 2.75) is 236 Å². The van der Waals surface area contributed by atoms with Crippen molar-refractivity contribution in [3.8, 4) is 0 Å². The van der Waals surface area contributed by atoms with Crippen LogP contribution in [-0.4, -0.2) is 80.9 Å². The van der Waals surface area contributed by atoms with E-state index in [2.05, 4.69) is 55.4 Å². The third-order valence-electron chi connectivity index (χ3n) is 23.1. The van der Waals surface area contributed by atoms with Crippen molar-refractivity contribution in [2.24, 2.45) is 79.8 Å². The molecule has 0 spiro atoms. The normalized spacial score (nSPS) is 45.0. The summed E-state index contributed by atoms with van der Waals surface area (Å²) in [7, 11) is 0. The van der Waals surface area contributed by atoms with Gasteiger partial charge in [-0.3, -0.25) is 9.59 Å². The summed E-state index contributed by atoms with van der Waals surface area (Å²) in [6.07, 6.45) is 11.8. The van der Waals surface area contributed by atoms with Crippen LogP contribution in [0.15, 0.2) is 45.6 Å². The van der Waals surface area contributed by atoms with Crippen LogP contribution in [0.3, 0.4) is 0 Å². The Morgan fingerprint density at radius 3 is 1.14 bits per heavy atom. The molecule has 8 rings (SSSR count). The van der Waals surface area contributed by atoms with E-state index < -0.39 is 48.3 Å². The van der Waals surface area contributed by atoms with Gasteiger partial charge < -0.3 is 49.7 Å². The van der Waals surface area contributed by atoms with Crippen LogP contribution >= 0.6 is 0 Å². The molecule has 0 amide bonds. The first-order chi connectivity index (χ1) is 34.3. The zero-order valence-electron chi connectivity index (χ0n) is 49.6. The Labute approximate surface area is 500 Å². The third-order valence-corrected chi connectivity index (χ3v) is 23.1. The molecule has 0 radical (unpaired) electrons. The second-order valence-corrected chi connectivity index (χ2v) is 27.3. The number of hydrogen-bond acceptors (Lipinski definition) is 12. The smallest absolute Gasteiger partial charge is 0.545 e. The maximum Gasteiger partial charge on any atom is 1.00 e. The number of carboxylic acid groups (broad SMARTS) is 2. The molecular weight excluding hydrogens is 983 g/mol. The van der Waals surface area contributed by atoms with E-state index in [-0.39, 0.29) is 150 Å². The number of esters is 2. The molecule has 14 heteroatoms. The summed E-state index contributed by atoms with van der Waals surface area (Å²) in [5, 5.41) is 70.1. The van der Waals surface area contributed by atoms with Gasteiger partial charge in [0.15, 0.2) is 0 Å². The summed E-state index contributed by atoms with van der Waals surface area (Å²) in [6.45, 7) is 28.7. The molecule has 0 heterocycles. The molecule has 0 aliphatic heterocycles. The van der Waals surface area contributed by atoms with Gasteiger partial charge in [-0.25, -0.2) is 0 Å². The SMILES string of the molecule is CC(=O)O[C@H]1C[C@@]2(C)[C@@H](C[C@@H](O)[C@H]3[C@@]4(C)CC[C@@H](O)[C@@H](C)[C@@H]4CC[C@@]32C)/C1=C(\CCC=C(C)C)C(=O)[O-].CC(=O)O[C@H]1C[C@@]2(C)[C@@H](C[C@@H](O)[C@H]3[C@@]4(C)CC[C@@H](O)[C@@H](C)[C@@H]4CC[C@@]32C)/C1=C(\CCC=C(C)C)C(=O)[O-].[Na+].[Na+]. The van der Waals surface area contributed by atoms with Crippen LogP contribution in [0.2, 0.25) is 0 Å². The monoisotopic (exact) mass is 1080 g/mol. The van der Waals surface area contributed by atoms with Crippen molar-refractivity contribution in [2.75, 3.05) is 0 Å². The number of carboxylic acids is 2. The van der Waals surface area contributed by atoms with E-state index in [1.165, 1.54) is 13.8 Å². The first-order valence-corrected chi connectivity index (χ1v) is 28.6. The number of hydrogen-bond donors (Lipinski definition) is 4. The van der Waals surface area contributed by atoms with E-state index in [0.29, 0.717) is 74.3 Å². The van der Waals surface area contributed by atoms with E-state index in [0.717, 1.165) is 62.5 Å². The number of aliphatic hydroxyl groups excluding tert-OH is 4. The molecule has 0 unspecified atom stereocenters. The number of fused-ring (bicyclic) bond motifs is 10. The first kappa shape index (κ1) is 65.5. The number of aliphatic hydroxyl groups is 4. The molecule has 76 heavy (non-hydrogen) atoms. The summed E-state index contributed by atoms with van der Waals surface area (Å²) in [6, 6.07) is 0. The van der Waals surface area contributed by atoms with Gasteiger partial charge in [0, 0.05) is 13.8 Å². The first-order valence-electron chi connectivity index (χ1n) is 28.6. The van der Waals surface area contributed by atoms with Gasteiger partial charge >= 0.3 is 71.1 Å². The Balaban J connectivity index is 0.000000274. The molecule has 8 aliphatic carbocycles. The number of carbonyl (C=O) groups excluding carboxylic acids is 4. The zero-order chi connectivity index (χ0) is 55.0. The van der Waals surface area contributed by atoms with Gasteiger partial charge in [-0.05, 0) is 233 Å². The minimum absolute atomic E-state index is 0. The van der Waals surface area contributed by atoms with Gasteiger partial charge in [0.25, 0.3) is 0 Å². The van der Waals surface area contributed by atoms with Gasteiger partial charge in [0.2, 0.25) is 0 Å². The summed E-state index contributed by atoms with van der Waals surface area (Å²) in [5.41, 5.74) is 2.63. The maximum atomic E-state index is 12.5. The van der Waals surface area contributed by atoms with Crippen LogP contribution in [0, 0.1) is 79.8 Å². The number of rotatable bonds is 10. The maximum absolute atomic E-state index is 12.5. The summed E-state index contributed by atoms with van der Waals surface area (Å²) < 4.78 is 11.7. The van der Waals surface area contributed by atoms with Crippen LogP contribution in [0.4, 0.5) is 0 Å². The Kier molecular flexibility index (Phi) is 20.9. The molecule has 0 aromatic heterocycles. The van der Waals surface area contributed by atoms with Crippen LogP contribution in [0.25, 0.3) is 0 Å². The van der Waals surface area contributed by atoms with Crippen LogP contribution in [0.5, 0.6) is 0 Å². The molecule has 12 nitrogen and oxygen atoms in total. The Hall–Kier alpha value is -1.32. The van der Waals surface area contributed by atoms with Crippen molar-refractivity contribution in [1.29, 1.82) is 0 Å². The van der Waals surface area contributed by atoms with Gasteiger partial charge in [0.05, 0.1) is 36.4 Å². The second-order valence-electron chi connectivity index (χ2n) is 27.3. The fourth-order valence-electron chi connectivity index (χ4n) is 19.6. The molecule has 8 saturated carbocycles. The van der Waals surface area contributed by atoms with E-state index in [1.807, 2.05) is 39.8 Å². The van der Waals surface area contributed by atoms with Gasteiger partial charge in [0.1, 0.15) is 12.2 Å². The van der Waals surface area contributed by atoms with Gasteiger partial charge in [-0.1, -0.05) is 78.7 Å². The minimum atomic E-state index is -1.20. The fraction of sp³-hybridized carbons (Fsp3) is 0.806. The van der Waals surface area contributed by atoms with E-state index in [1.54, 1.807) is 0 Å². The molecule has 20 atom stereocenters. The van der Waals surface area contributed by atoms with Crippen molar-refractivity contribution in [3.05, 3.63) is 45.6 Å². The van der Waals surface area contributed by atoms with E-state index in [4.69, 9.17) is 9.47 Å². The van der Waals surface area contributed by atoms with Crippen molar-refractivity contribution in [1.82, 2.24) is 0 Å². The summed E-state index contributed by atoms with van der Waals surface area (Å²) in [4.78, 5) is 49.4. The van der Waals surface area contributed by atoms with E-state index >= 15 is 0 Å². The fourth-order valence-corrected chi connectivity index (χ4v) is 19.6. The largest absolute Gasteiger partial charge is 1.00 e. The molecule has 8 fully saturated rings. The molecule has 0 saturated heterocycles. The number of aliphatic carboxylic acids is 2. The van der Waals surface area contributed by atoms with Crippen molar-refractivity contribution >= 4 is 23.9 Å². The topological polar surface area (TPSA) is 214 Å². The van der Waals surface area contributed by atoms with Crippen LogP contribution < -0.4 is 69.3 Å². The molecule has 0 aromatic carbocycles. The Morgan fingerprint density at radius 2 is 0.855 bits per heavy atom. The number of ether oxygens (including phenoxy) is 2. The molecule has 416 valence electrons. The van der Waals surface area contributed by atoms with Crippen molar-refractivity contribution < 1.29 is 118 Å². The van der Waals surface area contributed by atoms with Gasteiger partial charge in [-0.15, -0.1) is 0 Å². The van der Waals surface area contributed by atoms with Crippen LogP contribution in [-0.2, 0) is 28.7 Å². The molecular formula is C62H94Na2O12. The minimum Gasteiger partial charge on any atom is -0.545 e. The number of allylic oxidation sites excluding steroid dienone is 4. The van der Waals surface area contributed by atoms with Gasteiger partial charge in [-0.2, -0.15) is 0 Å². The average Bonchev–Trinajstić information content (AvgIpc) is 3.72. The zero-order valence-corrected chi connectivity index (χ0v) is 53.6. The van der Waals surface area contributed by atoms with Crippen LogP contribution in [0.1, 0.15) is 200 Å². The predicted octanol–water partition coefficient (Wildman–Crippen LogP) is 2.67. The quantitative estimate of drug-likeness (QED) is 0.108. The molecule has 4 N–H and O–H groups in total. The molecule has 0 aromatic rings. The Morgan fingerprint density at radius 1 is 0.526 bits per heavy atom. The Bertz CT molecular complexity index is 2160. The third kappa shape index (κ3) is 11.2. The predicted molar refractivity (Wildman–Crippen MR) is 280 cm³/mol. The standard InChI is InChI=1S/2C31H48O6.2Na/c2*1-17(2)9-8-10-20(28(35)36)26-22-15-24(34)27-29(5)13-12-23(33)18(3)21(29)11-14-30(27,6)31(22,7)16-25(26)37-19(4)32;;/h2*9,18,21-25,27,33-34H,8,10-16H2,1-7H3,(H,35,36);;/q;;2*+1/p-2/b2*26-20-;;/t2*18-,21-,22-,23+,24+,25-,27-,29-,30-,31-;;/m00../s1. The molecule has 0 bridgehead atoms.